The first-order valence-corrected chi connectivity index (χ1v) is 9.01. The molecule has 6 heteroatoms. The Bertz CT molecular complexity index is 584. The third-order valence-electron chi connectivity index (χ3n) is 3.51. The summed E-state index contributed by atoms with van der Waals surface area (Å²) in [5, 5.41) is 6.46. The zero-order chi connectivity index (χ0) is 15.3. The van der Waals surface area contributed by atoms with Crippen LogP contribution in [0.15, 0.2) is 40.2 Å². The van der Waals surface area contributed by atoms with Gasteiger partial charge in [0.25, 0.3) is 0 Å². The van der Waals surface area contributed by atoms with Crippen LogP contribution in [0.2, 0.25) is 0 Å². The number of nitrogens with one attached hydrogen (secondary N) is 2. The van der Waals surface area contributed by atoms with Gasteiger partial charge in [-0.3, -0.25) is 4.99 Å². The van der Waals surface area contributed by atoms with Crippen molar-refractivity contribution < 1.29 is 8.42 Å². The van der Waals surface area contributed by atoms with E-state index in [1.807, 2.05) is 6.92 Å². The Labute approximate surface area is 126 Å². The van der Waals surface area contributed by atoms with Crippen molar-refractivity contribution in [1.29, 1.82) is 0 Å². The van der Waals surface area contributed by atoms with Crippen LogP contribution in [0.3, 0.4) is 0 Å². The highest BCUT2D eigenvalue weighted by atomic mass is 32.2. The second kappa shape index (κ2) is 6.93. The first kappa shape index (κ1) is 15.8. The highest BCUT2D eigenvalue weighted by Gasteiger charge is 2.33. The molecule has 2 rings (SSSR count). The van der Waals surface area contributed by atoms with Crippen molar-refractivity contribution in [3.63, 3.8) is 0 Å². The Morgan fingerprint density at radius 1 is 1.33 bits per heavy atom. The number of hydrogen-bond acceptors (Lipinski definition) is 3. The van der Waals surface area contributed by atoms with E-state index < -0.39 is 9.84 Å². The standard InChI is InChI=1S/C15H23N3O2S/c1-3-16-15(18-14-11-12(14)2)17-9-10-21(19,20)13-7-5-4-6-8-13/h4-8,12,14H,3,9-11H2,1-2H3,(H2,16,17,18). The van der Waals surface area contributed by atoms with Crippen molar-refractivity contribution in [2.45, 2.75) is 31.2 Å². The van der Waals surface area contributed by atoms with Gasteiger partial charge in [0.15, 0.2) is 15.8 Å². The van der Waals surface area contributed by atoms with Crippen LogP contribution >= 0.6 is 0 Å². The summed E-state index contributed by atoms with van der Waals surface area (Å²) in [6.45, 7) is 5.20. The lowest BCUT2D eigenvalue weighted by molar-refractivity contribution is 0.596. The van der Waals surface area contributed by atoms with Gasteiger partial charge in [0.2, 0.25) is 0 Å². The molecular weight excluding hydrogens is 286 g/mol. The number of nitrogens with zero attached hydrogens (tertiary/aromatic N) is 1. The predicted octanol–water partition coefficient (Wildman–Crippen LogP) is 1.42. The quantitative estimate of drug-likeness (QED) is 0.616. The van der Waals surface area contributed by atoms with Gasteiger partial charge in [0, 0.05) is 12.6 Å². The number of guanidine groups is 1. The van der Waals surface area contributed by atoms with Crippen LogP contribution < -0.4 is 10.6 Å². The summed E-state index contributed by atoms with van der Waals surface area (Å²) in [5.74, 6) is 1.39. The average Bonchev–Trinajstić information content (AvgIpc) is 3.15. The minimum atomic E-state index is -3.26. The summed E-state index contributed by atoms with van der Waals surface area (Å²) in [6, 6.07) is 8.98. The van der Waals surface area contributed by atoms with Gasteiger partial charge in [-0.2, -0.15) is 0 Å². The number of sulfone groups is 1. The van der Waals surface area contributed by atoms with Crippen molar-refractivity contribution in [2.75, 3.05) is 18.8 Å². The Hall–Kier alpha value is -1.56. The number of hydrogen-bond donors (Lipinski definition) is 2. The van der Waals surface area contributed by atoms with E-state index in [1.165, 1.54) is 0 Å². The van der Waals surface area contributed by atoms with E-state index in [0.717, 1.165) is 13.0 Å². The van der Waals surface area contributed by atoms with Gasteiger partial charge in [-0.05, 0) is 31.4 Å². The van der Waals surface area contributed by atoms with E-state index in [4.69, 9.17) is 0 Å². The molecule has 1 aliphatic rings. The van der Waals surface area contributed by atoms with Gasteiger partial charge in [0.1, 0.15) is 0 Å². The fourth-order valence-electron chi connectivity index (χ4n) is 2.04. The van der Waals surface area contributed by atoms with Crippen LogP contribution in [0.1, 0.15) is 20.3 Å². The van der Waals surface area contributed by atoms with Crippen molar-refractivity contribution in [2.24, 2.45) is 10.9 Å². The molecule has 1 aromatic rings. The van der Waals surface area contributed by atoms with E-state index >= 15 is 0 Å². The van der Waals surface area contributed by atoms with Gasteiger partial charge in [0.05, 0.1) is 17.2 Å². The maximum Gasteiger partial charge on any atom is 0.191 e. The first-order valence-electron chi connectivity index (χ1n) is 7.35. The topological polar surface area (TPSA) is 70.6 Å². The Balaban J connectivity index is 1.92. The molecule has 0 amide bonds. The molecule has 2 N–H and O–H groups in total. The minimum Gasteiger partial charge on any atom is -0.357 e. The fraction of sp³-hybridized carbons (Fsp3) is 0.533. The molecule has 2 atom stereocenters. The maximum atomic E-state index is 12.1. The summed E-state index contributed by atoms with van der Waals surface area (Å²) < 4.78 is 24.3. The molecule has 0 heterocycles. The third-order valence-corrected chi connectivity index (χ3v) is 5.22. The SMILES string of the molecule is CCNC(=NCCS(=O)(=O)c1ccccc1)NC1CC1C. The molecule has 0 spiro atoms. The van der Waals surface area contributed by atoms with Crippen molar-refractivity contribution in [1.82, 2.24) is 10.6 Å². The molecule has 0 aliphatic heterocycles. The fourth-order valence-corrected chi connectivity index (χ4v) is 3.18. The molecule has 0 aromatic heterocycles. The second-order valence-electron chi connectivity index (χ2n) is 5.36. The van der Waals surface area contributed by atoms with Crippen molar-refractivity contribution >= 4 is 15.8 Å². The van der Waals surface area contributed by atoms with Crippen LogP contribution in [0.5, 0.6) is 0 Å². The molecule has 0 saturated heterocycles. The maximum absolute atomic E-state index is 12.1. The summed E-state index contributed by atoms with van der Waals surface area (Å²) >= 11 is 0. The summed E-state index contributed by atoms with van der Waals surface area (Å²) in [4.78, 5) is 4.71. The van der Waals surface area contributed by atoms with Crippen LogP contribution in [-0.2, 0) is 9.84 Å². The van der Waals surface area contributed by atoms with E-state index in [1.54, 1.807) is 30.3 Å². The Kier molecular flexibility index (Phi) is 5.22. The Morgan fingerprint density at radius 3 is 2.57 bits per heavy atom. The van der Waals surface area contributed by atoms with Gasteiger partial charge in [-0.25, -0.2) is 8.42 Å². The summed E-state index contributed by atoms with van der Waals surface area (Å²) in [5.41, 5.74) is 0. The third kappa shape index (κ3) is 4.74. The van der Waals surface area contributed by atoms with E-state index in [2.05, 4.69) is 22.5 Å². The molecule has 1 fully saturated rings. The Morgan fingerprint density at radius 2 is 2.00 bits per heavy atom. The van der Waals surface area contributed by atoms with Crippen molar-refractivity contribution in [3.05, 3.63) is 30.3 Å². The lowest BCUT2D eigenvalue weighted by Gasteiger charge is -2.10. The molecule has 116 valence electrons. The van der Waals surface area contributed by atoms with Crippen LogP contribution in [0, 0.1) is 5.92 Å². The molecule has 0 bridgehead atoms. The van der Waals surface area contributed by atoms with Crippen molar-refractivity contribution in [3.8, 4) is 0 Å². The molecule has 1 aromatic carbocycles. The summed E-state index contributed by atoms with van der Waals surface area (Å²) in [7, 11) is -3.26. The van der Waals surface area contributed by atoms with Crippen LogP contribution in [0.4, 0.5) is 0 Å². The molecule has 2 unspecified atom stereocenters. The van der Waals surface area contributed by atoms with E-state index in [9.17, 15) is 8.42 Å². The normalized spacial score (nSPS) is 21.9. The first-order chi connectivity index (χ1) is 10.0. The highest BCUT2D eigenvalue weighted by Crippen LogP contribution is 2.28. The van der Waals surface area contributed by atoms with E-state index in [-0.39, 0.29) is 12.3 Å². The van der Waals surface area contributed by atoms with Crippen LogP contribution in [-0.4, -0.2) is 39.3 Å². The minimum absolute atomic E-state index is 0.0216. The number of aliphatic imine (C=N–C) groups is 1. The largest absolute Gasteiger partial charge is 0.357 e. The lowest BCUT2D eigenvalue weighted by atomic mass is 10.4. The molecule has 0 radical (unpaired) electrons. The zero-order valence-electron chi connectivity index (χ0n) is 12.5. The number of benzene rings is 1. The van der Waals surface area contributed by atoms with Gasteiger partial charge >= 0.3 is 0 Å². The monoisotopic (exact) mass is 309 g/mol. The van der Waals surface area contributed by atoms with Crippen LogP contribution in [0.25, 0.3) is 0 Å². The van der Waals surface area contributed by atoms with Gasteiger partial charge in [-0.1, -0.05) is 25.1 Å². The smallest absolute Gasteiger partial charge is 0.191 e. The second-order valence-corrected chi connectivity index (χ2v) is 7.47. The molecule has 5 nitrogen and oxygen atoms in total. The lowest BCUT2D eigenvalue weighted by Crippen LogP contribution is -2.39. The molecular formula is C15H23N3O2S. The van der Waals surface area contributed by atoms with E-state index in [0.29, 0.717) is 22.8 Å². The van der Waals surface area contributed by atoms with Gasteiger partial charge < -0.3 is 10.6 Å². The molecule has 1 saturated carbocycles. The number of rotatable bonds is 6. The van der Waals surface area contributed by atoms with Gasteiger partial charge in [-0.15, -0.1) is 0 Å². The molecule has 21 heavy (non-hydrogen) atoms. The molecule has 1 aliphatic carbocycles. The summed E-state index contributed by atoms with van der Waals surface area (Å²) in [6.07, 6.45) is 1.15. The zero-order valence-corrected chi connectivity index (χ0v) is 13.4. The predicted molar refractivity (Wildman–Crippen MR) is 85.2 cm³/mol. The average molecular weight is 309 g/mol. The highest BCUT2D eigenvalue weighted by molar-refractivity contribution is 7.91.